The van der Waals surface area contributed by atoms with E-state index >= 15 is 0 Å². The third-order valence-corrected chi connectivity index (χ3v) is 3.39. The minimum Gasteiger partial charge on any atom is -0.329 e. The Morgan fingerprint density at radius 3 is 2.88 bits per heavy atom. The molecule has 0 saturated heterocycles. The summed E-state index contributed by atoms with van der Waals surface area (Å²) in [5.41, 5.74) is 7.74. The highest BCUT2D eigenvalue weighted by Crippen LogP contribution is 2.27. The predicted molar refractivity (Wildman–Crippen MR) is 64.2 cm³/mol. The molecule has 0 radical (unpaired) electrons. The van der Waals surface area contributed by atoms with Crippen LogP contribution in [0.25, 0.3) is 0 Å². The molecule has 2 N–H and O–H groups in total. The van der Waals surface area contributed by atoms with E-state index in [1.165, 1.54) is 0 Å². The zero-order valence-corrected chi connectivity index (χ0v) is 10.2. The van der Waals surface area contributed by atoms with Gasteiger partial charge in [0.15, 0.2) is 5.16 Å². The topological polar surface area (TPSA) is 56.7 Å². The molecular formula is C11H14N4S. The van der Waals surface area contributed by atoms with Gasteiger partial charge in [-0.25, -0.2) is 9.97 Å². The quantitative estimate of drug-likeness (QED) is 0.878. The molecule has 0 aliphatic heterocycles. The van der Waals surface area contributed by atoms with E-state index in [0.29, 0.717) is 6.54 Å². The number of imidazole rings is 1. The van der Waals surface area contributed by atoms with E-state index in [4.69, 9.17) is 5.73 Å². The molecule has 5 heteroatoms. The van der Waals surface area contributed by atoms with Crippen LogP contribution in [0.2, 0.25) is 0 Å². The fraction of sp³-hybridized carbons (Fsp3) is 0.273. The predicted octanol–water partition coefficient (Wildman–Crippen LogP) is 1.73. The first-order chi connectivity index (χ1) is 7.70. The Kier molecular flexibility index (Phi) is 3.26. The summed E-state index contributed by atoms with van der Waals surface area (Å²) in [5, 5.41) is 1.87. The van der Waals surface area contributed by atoms with Crippen molar-refractivity contribution < 1.29 is 0 Å². The van der Waals surface area contributed by atoms with Gasteiger partial charge in [-0.3, -0.25) is 0 Å². The van der Waals surface area contributed by atoms with Gasteiger partial charge in [-0.05, 0) is 30.3 Å². The molecule has 0 unspecified atom stereocenters. The fourth-order valence-electron chi connectivity index (χ4n) is 1.34. The molecule has 0 aliphatic carbocycles. The van der Waals surface area contributed by atoms with Gasteiger partial charge in [0.05, 0.1) is 0 Å². The number of hydrogen-bond donors (Lipinski definition) is 1. The number of rotatable bonds is 3. The van der Waals surface area contributed by atoms with Gasteiger partial charge in [-0.15, -0.1) is 0 Å². The fourth-order valence-corrected chi connectivity index (χ4v) is 2.31. The van der Waals surface area contributed by atoms with Crippen LogP contribution in [0.3, 0.4) is 0 Å². The summed E-state index contributed by atoms with van der Waals surface area (Å²) in [6.07, 6.45) is 3.69. The maximum atomic E-state index is 5.69. The molecule has 2 aromatic heterocycles. The molecule has 0 aliphatic rings. The number of pyridine rings is 1. The average Bonchev–Trinajstić information content (AvgIpc) is 2.65. The zero-order valence-electron chi connectivity index (χ0n) is 9.34. The maximum Gasteiger partial charge on any atom is 0.174 e. The molecule has 2 rings (SSSR count). The van der Waals surface area contributed by atoms with Gasteiger partial charge in [-0.1, -0.05) is 6.07 Å². The van der Waals surface area contributed by atoms with Gasteiger partial charge in [0.2, 0.25) is 0 Å². The first-order valence-corrected chi connectivity index (χ1v) is 5.84. The van der Waals surface area contributed by atoms with Crippen LogP contribution in [0, 0.1) is 6.92 Å². The second-order valence-electron chi connectivity index (χ2n) is 3.54. The molecule has 2 heterocycles. The lowest BCUT2D eigenvalue weighted by Gasteiger charge is -2.07. The normalized spacial score (nSPS) is 10.7. The minimum absolute atomic E-state index is 0.500. The lowest BCUT2D eigenvalue weighted by molar-refractivity contribution is 0.786. The minimum atomic E-state index is 0.500. The largest absolute Gasteiger partial charge is 0.329 e. The highest BCUT2D eigenvalue weighted by Gasteiger charge is 2.08. The Labute approximate surface area is 98.9 Å². The lowest BCUT2D eigenvalue weighted by Crippen LogP contribution is -2.01. The Bertz CT molecular complexity index is 492. The van der Waals surface area contributed by atoms with Crippen molar-refractivity contribution in [3.63, 3.8) is 0 Å². The van der Waals surface area contributed by atoms with Crippen molar-refractivity contribution in [2.75, 3.05) is 0 Å². The van der Waals surface area contributed by atoms with Crippen molar-refractivity contribution in [3.8, 4) is 0 Å². The highest BCUT2D eigenvalue weighted by atomic mass is 32.2. The number of aryl methyl sites for hydroxylation is 2. The summed E-state index contributed by atoms with van der Waals surface area (Å²) in [4.78, 5) is 8.75. The van der Waals surface area contributed by atoms with Crippen LogP contribution in [0.1, 0.15) is 11.3 Å². The number of aromatic nitrogens is 3. The van der Waals surface area contributed by atoms with Crippen LogP contribution in [-0.4, -0.2) is 14.5 Å². The summed E-state index contributed by atoms with van der Waals surface area (Å²) >= 11 is 1.55. The van der Waals surface area contributed by atoms with Gasteiger partial charge >= 0.3 is 0 Å². The van der Waals surface area contributed by atoms with E-state index < -0.39 is 0 Å². The highest BCUT2D eigenvalue weighted by molar-refractivity contribution is 7.99. The van der Waals surface area contributed by atoms with Crippen LogP contribution in [0.15, 0.2) is 34.7 Å². The summed E-state index contributed by atoms with van der Waals surface area (Å²) in [5.74, 6) is 0. The Balaban J connectivity index is 2.33. The summed E-state index contributed by atoms with van der Waals surface area (Å²) in [7, 11) is 1.97. The van der Waals surface area contributed by atoms with Crippen molar-refractivity contribution >= 4 is 11.8 Å². The van der Waals surface area contributed by atoms with Crippen molar-refractivity contribution in [2.45, 2.75) is 23.7 Å². The van der Waals surface area contributed by atoms with Crippen LogP contribution >= 0.6 is 11.8 Å². The van der Waals surface area contributed by atoms with E-state index in [1.54, 1.807) is 18.0 Å². The van der Waals surface area contributed by atoms with Crippen LogP contribution in [0.5, 0.6) is 0 Å². The van der Waals surface area contributed by atoms with E-state index in [9.17, 15) is 0 Å². The third-order valence-electron chi connectivity index (χ3n) is 2.26. The monoisotopic (exact) mass is 234 g/mol. The molecule has 0 fully saturated rings. The molecule has 16 heavy (non-hydrogen) atoms. The van der Waals surface area contributed by atoms with Crippen molar-refractivity contribution in [1.82, 2.24) is 14.5 Å². The van der Waals surface area contributed by atoms with Gasteiger partial charge in [0.25, 0.3) is 0 Å². The van der Waals surface area contributed by atoms with Crippen LogP contribution < -0.4 is 5.73 Å². The summed E-state index contributed by atoms with van der Waals surface area (Å²) < 4.78 is 1.97. The Morgan fingerprint density at radius 1 is 1.44 bits per heavy atom. The molecule has 0 aromatic carbocycles. The molecule has 4 nitrogen and oxygen atoms in total. The van der Waals surface area contributed by atoms with Gasteiger partial charge in [0.1, 0.15) is 5.03 Å². The molecular weight excluding hydrogens is 220 g/mol. The molecule has 2 aromatic rings. The van der Waals surface area contributed by atoms with Crippen molar-refractivity contribution in [1.29, 1.82) is 0 Å². The van der Waals surface area contributed by atoms with E-state index in [2.05, 4.69) is 9.97 Å². The molecule has 0 saturated carbocycles. The first-order valence-electron chi connectivity index (χ1n) is 5.02. The number of nitrogens with two attached hydrogens (primary N) is 1. The second kappa shape index (κ2) is 4.67. The molecule has 0 amide bonds. The second-order valence-corrected chi connectivity index (χ2v) is 4.50. The maximum absolute atomic E-state index is 5.69. The van der Waals surface area contributed by atoms with Gasteiger partial charge < -0.3 is 10.3 Å². The van der Waals surface area contributed by atoms with Gasteiger partial charge in [-0.2, -0.15) is 0 Å². The lowest BCUT2D eigenvalue weighted by atomic mass is 10.2. The zero-order chi connectivity index (χ0) is 11.5. The van der Waals surface area contributed by atoms with Crippen molar-refractivity contribution in [3.05, 3.63) is 35.8 Å². The standard InChI is InChI=1S/C11H14N4S/c1-8-3-4-9(7-12)10(14-8)16-11-13-5-6-15(11)2/h3-6H,7,12H2,1-2H3. The molecule has 0 spiro atoms. The number of hydrogen-bond acceptors (Lipinski definition) is 4. The van der Waals surface area contributed by atoms with Crippen LogP contribution in [-0.2, 0) is 13.6 Å². The number of nitrogens with zero attached hydrogens (tertiary/aromatic N) is 3. The van der Waals surface area contributed by atoms with Crippen LogP contribution in [0.4, 0.5) is 0 Å². The van der Waals surface area contributed by atoms with Gasteiger partial charge in [0, 0.05) is 31.7 Å². The van der Waals surface area contributed by atoms with Crippen molar-refractivity contribution in [2.24, 2.45) is 12.8 Å². The first kappa shape index (κ1) is 11.2. The SMILES string of the molecule is Cc1ccc(CN)c(Sc2nccn2C)n1. The van der Waals surface area contributed by atoms with E-state index in [1.807, 2.05) is 36.9 Å². The summed E-state index contributed by atoms with van der Waals surface area (Å²) in [6.45, 7) is 2.48. The Morgan fingerprint density at radius 2 is 2.25 bits per heavy atom. The molecule has 0 bridgehead atoms. The molecule has 0 atom stereocenters. The molecule has 84 valence electrons. The third kappa shape index (κ3) is 2.25. The average molecular weight is 234 g/mol. The smallest absolute Gasteiger partial charge is 0.174 e. The summed E-state index contributed by atoms with van der Waals surface area (Å²) in [6, 6.07) is 4.00. The van der Waals surface area contributed by atoms with E-state index in [0.717, 1.165) is 21.4 Å². The van der Waals surface area contributed by atoms with E-state index in [-0.39, 0.29) is 0 Å². The Hall–Kier alpha value is -1.33.